The number of rotatable bonds is 9. The second-order valence-corrected chi connectivity index (χ2v) is 11.3. The molecule has 3 aromatic carbocycles. The Morgan fingerprint density at radius 1 is 0.952 bits per heavy atom. The van der Waals surface area contributed by atoms with E-state index in [4.69, 9.17) is 14.5 Å². The molecule has 1 aromatic heterocycles. The Morgan fingerprint density at radius 3 is 2.48 bits per heavy atom. The zero-order chi connectivity index (χ0) is 29.1. The smallest absolute Gasteiger partial charge is 0.243 e. The third kappa shape index (κ3) is 5.58. The fourth-order valence-electron chi connectivity index (χ4n) is 6.51. The number of carbonyl (C=O) groups excluding carboxylic acids is 2. The van der Waals surface area contributed by atoms with Gasteiger partial charge in [-0.05, 0) is 42.7 Å². The minimum absolute atomic E-state index is 0.00982. The maximum absolute atomic E-state index is 14.2. The van der Waals surface area contributed by atoms with Gasteiger partial charge in [0.05, 0.1) is 30.9 Å². The zero-order valence-electron chi connectivity index (χ0n) is 24.4. The van der Waals surface area contributed by atoms with Crippen molar-refractivity contribution in [2.24, 2.45) is 0 Å². The molecule has 8 heteroatoms. The summed E-state index contributed by atoms with van der Waals surface area (Å²) in [6.07, 6.45) is 5.89. The highest BCUT2D eigenvalue weighted by atomic mass is 16.5. The van der Waals surface area contributed by atoms with Gasteiger partial charge in [0, 0.05) is 37.5 Å². The van der Waals surface area contributed by atoms with E-state index >= 15 is 0 Å². The molecule has 1 aliphatic heterocycles. The van der Waals surface area contributed by atoms with E-state index in [1.165, 1.54) is 6.42 Å². The highest BCUT2D eigenvalue weighted by Crippen LogP contribution is 2.39. The molecule has 0 radical (unpaired) electrons. The highest BCUT2D eigenvalue weighted by Gasteiger charge is 2.37. The van der Waals surface area contributed by atoms with Crippen LogP contribution in [0, 0.1) is 0 Å². The van der Waals surface area contributed by atoms with Crippen molar-refractivity contribution in [2.45, 2.75) is 63.6 Å². The van der Waals surface area contributed by atoms with E-state index in [2.05, 4.69) is 17.0 Å². The molecule has 42 heavy (non-hydrogen) atoms. The van der Waals surface area contributed by atoms with Crippen molar-refractivity contribution in [3.63, 3.8) is 0 Å². The van der Waals surface area contributed by atoms with E-state index in [1.54, 1.807) is 19.1 Å². The quantitative estimate of drug-likeness (QED) is 0.251. The van der Waals surface area contributed by atoms with Crippen LogP contribution in [0.4, 0.5) is 5.69 Å². The molecule has 2 fully saturated rings. The van der Waals surface area contributed by atoms with Crippen molar-refractivity contribution in [3.8, 4) is 11.5 Å². The molecule has 1 aliphatic carbocycles. The van der Waals surface area contributed by atoms with Crippen LogP contribution in [0.3, 0.4) is 0 Å². The van der Waals surface area contributed by atoms with Crippen LogP contribution in [0.5, 0.6) is 11.5 Å². The number of benzene rings is 3. The predicted molar refractivity (Wildman–Crippen MR) is 163 cm³/mol. The van der Waals surface area contributed by atoms with Crippen LogP contribution >= 0.6 is 0 Å². The third-order valence-electron chi connectivity index (χ3n) is 8.68. The molecule has 1 saturated heterocycles. The first-order chi connectivity index (χ1) is 20.6. The number of ether oxygens (including phenoxy) is 2. The van der Waals surface area contributed by atoms with Gasteiger partial charge < -0.3 is 23.8 Å². The van der Waals surface area contributed by atoms with Gasteiger partial charge in [0.15, 0.2) is 0 Å². The molecule has 8 nitrogen and oxygen atoms in total. The molecule has 0 N–H and O–H groups in total. The van der Waals surface area contributed by atoms with Crippen LogP contribution in [0.1, 0.15) is 55.8 Å². The summed E-state index contributed by atoms with van der Waals surface area (Å²) in [4.78, 5) is 36.4. The minimum Gasteiger partial charge on any atom is -0.497 e. The summed E-state index contributed by atoms with van der Waals surface area (Å²) in [7, 11) is 3.20. The minimum atomic E-state index is -0.175. The Kier molecular flexibility index (Phi) is 8.13. The Bertz CT molecular complexity index is 1560. The average Bonchev–Trinajstić information content (AvgIpc) is 3.60. The number of anilines is 1. The number of aromatic nitrogens is 2. The lowest BCUT2D eigenvalue weighted by atomic mass is 9.93. The molecule has 2 heterocycles. The van der Waals surface area contributed by atoms with Crippen molar-refractivity contribution < 1.29 is 19.1 Å². The summed E-state index contributed by atoms with van der Waals surface area (Å²) in [6, 6.07) is 23.9. The Morgan fingerprint density at radius 2 is 1.71 bits per heavy atom. The van der Waals surface area contributed by atoms with Gasteiger partial charge in [-0.3, -0.25) is 9.59 Å². The fraction of sp³-hybridized carbons (Fsp3) is 0.382. The maximum atomic E-state index is 14.2. The molecule has 1 unspecified atom stereocenters. The number of fused-ring (bicyclic) bond motifs is 1. The van der Waals surface area contributed by atoms with Crippen molar-refractivity contribution in [3.05, 3.63) is 84.2 Å². The molecule has 218 valence electrons. The first-order valence-electron chi connectivity index (χ1n) is 14.9. The van der Waals surface area contributed by atoms with Crippen LogP contribution in [-0.4, -0.2) is 53.1 Å². The number of imidazole rings is 1. The topological polar surface area (TPSA) is 76.9 Å². The summed E-state index contributed by atoms with van der Waals surface area (Å²) < 4.78 is 13.1. The first-order valence-corrected chi connectivity index (χ1v) is 14.9. The van der Waals surface area contributed by atoms with Gasteiger partial charge in [0.1, 0.15) is 23.9 Å². The normalized spacial score (nSPS) is 17.5. The summed E-state index contributed by atoms with van der Waals surface area (Å²) >= 11 is 0. The van der Waals surface area contributed by atoms with Gasteiger partial charge in [-0.2, -0.15) is 0 Å². The van der Waals surface area contributed by atoms with Crippen LogP contribution in [-0.2, 0) is 22.7 Å². The van der Waals surface area contributed by atoms with Crippen LogP contribution < -0.4 is 14.4 Å². The van der Waals surface area contributed by atoms with Gasteiger partial charge in [0.25, 0.3) is 0 Å². The summed E-state index contributed by atoms with van der Waals surface area (Å²) in [5.41, 5.74) is 3.55. The monoisotopic (exact) mass is 566 g/mol. The highest BCUT2D eigenvalue weighted by molar-refractivity contribution is 5.98. The Labute approximate surface area is 246 Å². The SMILES string of the molecule is COc1ccc(OC)c(N2CC(c3nc4ccccc4n3CC(=O)N(Cc3ccccc3)C3CCCCC3)CC2=O)c1. The first kappa shape index (κ1) is 27.8. The molecule has 6 rings (SSSR count). The Hall–Kier alpha value is -4.33. The summed E-state index contributed by atoms with van der Waals surface area (Å²) in [5.74, 6) is 1.94. The van der Waals surface area contributed by atoms with Gasteiger partial charge in [0.2, 0.25) is 11.8 Å². The number of nitrogens with zero attached hydrogens (tertiary/aromatic N) is 4. The molecule has 2 aliphatic rings. The second-order valence-electron chi connectivity index (χ2n) is 11.3. The molecule has 1 atom stereocenters. The number of para-hydroxylation sites is 2. The van der Waals surface area contributed by atoms with E-state index in [0.717, 1.165) is 48.1 Å². The molecular formula is C34H38N4O4. The van der Waals surface area contributed by atoms with Gasteiger partial charge in [-0.1, -0.05) is 61.7 Å². The molecule has 0 bridgehead atoms. The number of carbonyl (C=O) groups is 2. The van der Waals surface area contributed by atoms with E-state index in [-0.39, 0.29) is 30.3 Å². The third-order valence-corrected chi connectivity index (χ3v) is 8.68. The molecular weight excluding hydrogens is 528 g/mol. The molecule has 0 spiro atoms. The number of methoxy groups -OCH3 is 2. The van der Waals surface area contributed by atoms with Gasteiger partial charge in [-0.25, -0.2) is 4.98 Å². The molecule has 1 saturated carbocycles. The lowest BCUT2D eigenvalue weighted by molar-refractivity contribution is -0.135. The number of hydrogen-bond donors (Lipinski definition) is 0. The Balaban J connectivity index is 1.32. The van der Waals surface area contributed by atoms with Gasteiger partial charge in [-0.15, -0.1) is 0 Å². The second kappa shape index (κ2) is 12.3. The van der Waals surface area contributed by atoms with Crippen molar-refractivity contribution in [1.82, 2.24) is 14.5 Å². The average molecular weight is 567 g/mol. The van der Waals surface area contributed by atoms with Crippen molar-refractivity contribution in [1.29, 1.82) is 0 Å². The van der Waals surface area contributed by atoms with Crippen LogP contribution in [0.2, 0.25) is 0 Å². The molecule has 4 aromatic rings. The van der Waals surface area contributed by atoms with Crippen LogP contribution in [0.25, 0.3) is 11.0 Å². The predicted octanol–water partition coefficient (Wildman–Crippen LogP) is 5.94. The van der Waals surface area contributed by atoms with Crippen molar-refractivity contribution >= 4 is 28.5 Å². The molecule has 2 amide bonds. The number of hydrogen-bond acceptors (Lipinski definition) is 5. The van der Waals surface area contributed by atoms with E-state index in [9.17, 15) is 9.59 Å². The number of amides is 2. The van der Waals surface area contributed by atoms with Crippen molar-refractivity contribution in [2.75, 3.05) is 25.7 Å². The van der Waals surface area contributed by atoms with Crippen LogP contribution in [0.15, 0.2) is 72.8 Å². The van der Waals surface area contributed by atoms with E-state index in [0.29, 0.717) is 36.7 Å². The zero-order valence-corrected chi connectivity index (χ0v) is 24.4. The lowest BCUT2D eigenvalue weighted by Crippen LogP contribution is -2.42. The summed E-state index contributed by atoms with van der Waals surface area (Å²) in [6.45, 7) is 1.22. The van der Waals surface area contributed by atoms with Gasteiger partial charge >= 0.3 is 0 Å². The summed E-state index contributed by atoms with van der Waals surface area (Å²) in [5, 5.41) is 0. The lowest BCUT2D eigenvalue weighted by Gasteiger charge is -2.35. The maximum Gasteiger partial charge on any atom is 0.243 e. The largest absolute Gasteiger partial charge is 0.497 e. The van der Waals surface area contributed by atoms with E-state index < -0.39 is 0 Å². The standard InChI is InChI=1S/C34H38N4O4/c1-41-27-17-18-31(42-2)30(20-27)37-22-25(19-32(37)39)34-35-28-15-9-10-16-29(28)38(34)23-33(40)36(26-13-7-4-8-14-26)21-24-11-5-3-6-12-24/h3,5-6,9-12,15-18,20,25-26H,4,7-8,13-14,19,21-23H2,1-2H3. The van der Waals surface area contributed by atoms with E-state index in [1.807, 2.05) is 65.2 Å². The fourth-order valence-corrected chi connectivity index (χ4v) is 6.51.